The van der Waals surface area contributed by atoms with Gasteiger partial charge in [-0.05, 0) is 42.7 Å². The highest BCUT2D eigenvalue weighted by Gasteiger charge is 2.21. The monoisotopic (exact) mass is 351 g/mol. The molecule has 0 aliphatic heterocycles. The molecule has 0 atom stereocenters. The van der Waals surface area contributed by atoms with Crippen LogP contribution in [-0.2, 0) is 11.3 Å². The zero-order valence-corrected chi connectivity index (χ0v) is 15.1. The second kappa shape index (κ2) is 8.61. The van der Waals surface area contributed by atoms with Gasteiger partial charge in [-0.1, -0.05) is 31.4 Å². The van der Waals surface area contributed by atoms with E-state index in [0.717, 1.165) is 31.2 Å². The molecule has 2 aromatic rings. The third-order valence-electron chi connectivity index (χ3n) is 4.84. The molecular weight excluding hydrogens is 326 g/mol. The van der Waals surface area contributed by atoms with Crippen molar-refractivity contribution in [3.8, 4) is 0 Å². The van der Waals surface area contributed by atoms with Crippen molar-refractivity contribution in [3.05, 3.63) is 59.9 Å². The van der Waals surface area contributed by atoms with Crippen molar-refractivity contribution in [2.24, 2.45) is 5.92 Å². The first kappa shape index (κ1) is 18.1. The molecule has 5 nitrogen and oxygen atoms in total. The summed E-state index contributed by atoms with van der Waals surface area (Å²) in [5, 5.41) is 2.98. The summed E-state index contributed by atoms with van der Waals surface area (Å²) in [5.41, 5.74) is 2.23. The molecule has 1 aliphatic rings. The van der Waals surface area contributed by atoms with E-state index in [4.69, 9.17) is 0 Å². The van der Waals surface area contributed by atoms with Crippen molar-refractivity contribution in [1.29, 1.82) is 0 Å². The maximum absolute atomic E-state index is 12.7. The van der Waals surface area contributed by atoms with Crippen LogP contribution in [0.3, 0.4) is 0 Å². The van der Waals surface area contributed by atoms with Crippen LogP contribution in [0.5, 0.6) is 0 Å². The average molecular weight is 351 g/mol. The first-order chi connectivity index (χ1) is 12.6. The Hall–Kier alpha value is -2.69. The molecule has 136 valence electrons. The van der Waals surface area contributed by atoms with Gasteiger partial charge in [0.05, 0.1) is 0 Å². The molecule has 0 saturated heterocycles. The van der Waals surface area contributed by atoms with E-state index in [1.807, 2.05) is 24.3 Å². The summed E-state index contributed by atoms with van der Waals surface area (Å²) in [6.07, 6.45) is 8.84. The number of aromatic nitrogens is 1. The molecule has 2 amide bonds. The van der Waals surface area contributed by atoms with Crippen LogP contribution < -0.4 is 5.32 Å². The SMILES string of the molecule is CN(Cc1cccnc1)C(=O)c1cccc(NC(=O)C2CCCCC2)c1. The predicted molar refractivity (Wildman–Crippen MR) is 102 cm³/mol. The third-order valence-corrected chi connectivity index (χ3v) is 4.84. The number of nitrogens with one attached hydrogen (secondary N) is 1. The van der Waals surface area contributed by atoms with Crippen LogP contribution in [0, 0.1) is 5.92 Å². The van der Waals surface area contributed by atoms with Gasteiger partial charge in [0, 0.05) is 43.2 Å². The Morgan fingerprint density at radius 2 is 1.96 bits per heavy atom. The number of amides is 2. The molecule has 3 rings (SSSR count). The lowest BCUT2D eigenvalue weighted by Crippen LogP contribution is -2.27. The zero-order chi connectivity index (χ0) is 18.4. The normalized spacial score (nSPS) is 14.7. The molecule has 0 radical (unpaired) electrons. The summed E-state index contributed by atoms with van der Waals surface area (Å²) in [6.45, 7) is 0.491. The molecule has 0 spiro atoms. The maximum Gasteiger partial charge on any atom is 0.253 e. The first-order valence-electron chi connectivity index (χ1n) is 9.19. The molecule has 1 N–H and O–H groups in total. The van der Waals surface area contributed by atoms with E-state index in [-0.39, 0.29) is 17.7 Å². The Morgan fingerprint density at radius 3 is 2.69 bits per heavy atom. The van der Waals surface area contributed by atoms with Crippen LogP contribution >= 0.6 is 0 Å². The van der Waals surface area contributed by atoms with Crippen molar-refractivity contribution in [2.45, 2.75) is 38.6 Å². The van der Waals surface area contributed by atoms with Gasteiger partial charge in [0.2, 0.25) is 5.91 Å². The molecule has 1 aliphatic carbocycles. The van der Waals surface area contributed by atoms with E-state index in [0.29, 0.717) is 17.8 Å². The Bertz CT molecular complexity index is 755. The largest absolute Gasteiger partial charge is 0.337 e. The number of rotatable bonds is 5. The van der Waals surface area contributed by atoms with Crippen molar-refractivity contribution in [1.82, 2.24) is 9.88 Å². The van der Waals surface area contributed by atoms with Crippen LogP contribution in [-0.4, -0.2) is 28.7 Å². The number of pyridine rings is 1. The van der Waals surface area contributed by atoms with Crippen LogP contribution in [0.1, 0.15) is 48.0 Å². The first-order valence-corrected chi connectivity index (χ1v) is 9.19. The van der Waals surface area contributed by atoms with Crippen LogP contribution in [0.15, 0.2) is 48.8 Å². The number of hydrogen-bond acceptors (Lipinski definition) is 3. The topological polar surface area (TPSA) is 62.3 Å². The lowest BCUT2D eigenvalue weighted by Gasteiger charge is -2.21. The lowest BCUT2D eigenvalue weighted by atomic mass is 9.88. The smallest absolute Gasteiger partial charge is 0.253 e. The van der Waals surface area contributed by atoms with Gasteiger partial charge in [-0.3, -0.25) is 14.6 Å². The highest BCUT2D eigenvalue weighted by atomic mass is 16.2. The van der Waals surface area contributed by atoms with Gasteiger partial charge in [0.15, 0.2) is 0 Å². The maximum atomic E-state index is 12.7. The van der Waals surface area contributed by atoms with Gasteiger partial charge < -0.3 is 10.2 Å². The average Bonchev–Trinajstić information content (AvgIpc) is 2.69. The molecule has 1 fully saturated rings. The standard InChI is InChI=1S/C21H25N3O2/c1-24(15-16-7-6-12-22-14-16)21(26)18-10-5-11-19(13-18)23-20(25)17-8-3-2-4-9-17/h5-7,10-14,17H,2-4,8-9,15H2,1H3,(H,23,25). The van der Waals surface area contributed by atoms with E-state index in [1.54, 1.807) is 36.5 Å². The second-order valence-electron chi connectivity index (χ2n) is 6.93. The zero-order valence-electron chi connectivity index (χ0n) is 15.1. The van der Waals surface area contributed by atoms with Gasteiger partial charge in [-0.15, -0.1) is 0 Å². The fraction of sp³-hybridized carbons (Fsp3) is 0.381. The molecule has 1 aromatic carbocycles. The molecule has 0 unspecified atom stereocenters. The number of hydrogen-bond donors (Lipinski definition) is 1. The highest BCUT2D eigenvalue weighted by molar-refractivity contribution is 5.97. The van der Waals surface area contributed by atoms with Crippen molar-refractivity contribution < 1.29 is 9.59 Å². The number of carbonyl (C=O) groups excluding carboxylic acids is 2. The van der Waals surface area contributed by atoms with E-state index in [2.05, 4.69) is 10.3 Å². The van der Waals surface area contributed by atoms with Crippen molar-refractivity contribution in [2.75, 3.05) is 12.4 Å². The summed E-state index contributed by atoms with van der Waals surface area (Å²) >= 11 is 0. The Kier molecular flexibility index (Phi) is 6.00. The molecule has 1 saturated carbocycles. The van der Waals surface area contributed by atoms with Gasteiger partial charge in [0.1, 0.15) is 0 Å². The summed E-state index contributed by atoms with van der Waals surface area (Å²) < 4.78 is 0. The van der Waals surface area contributed by atoms with Crippen LogP contribution in [0.2, 0.25) is 0 Å². The lowest BCUT2D eigenvalue weighted by molar-refractivity contribution is -0.120. The quantitative estimate of drug-likeness (QED) is 0.889. The molecule has 1 heterocycles. The van der Waals surface area contributed by atoms with E-state index < -0.39 is 0 Å². The molecule has 0 bridgehead atoms. The van der Waals surface area contributed by atoms with Gasteiger partial charge >= 0.3 is 0 Å². The summed E-state index contributed by atoms with van der Waals surface area (Å²) in [5.74, 6) is 0.0805. The fourth-order valence-electron chi connectivity index (χ4n) is 3.40. The summed E-state index contributed by atoms with van der Waals surface area (Å²) in [7, 11) is 1.77. The Morgan fingerprint density at radius 1 is 1.15 bits per heavy atom. The second-order valence-corrected chi connectivity index (χ2v) is 6.93. The summed E-state index contributed by atoms with van der Waals surface area (Å²) in [6, 6.07) is 11.0. The number of carbonyl (C=O) groups is 2. The van der Waals surface area contributed by atoms with Crippen molar-refractivity contribution >= 4 is 17.5 Å². The fourth-order valence-corrected chi connectivity index (χ4v) is 3.40. The number of nitrogens with zero attached hydrogens (tertiary/aromatic N) is 2. The molecular formula is C21H25N3O2. The van der Waals surface area contributed by atoms with E-state index >= 15 is 0 Å². The van der Waals surface area contributed by atoms with Gasteiger partial charge in [-0.2, -0.15) is 0 Å². The number of benzene rings is 1. The van der Waals surface area contributed by atoms with Gasteiger partial charge in [-0.25, -0.2) is 0 Å². The minimum absolute atomic E-state index is 0.0676. The molecule has 26 heavy (non-hydrogen) atoms. The van der Waals surface area contributed by atoms with E-state index in [1.165, 1.54) is 6.42 Å². The van der Waals surface area contributed by atoms with Crippen LogP contribution in [0.25, 0.3) is 0 Å². The Balaban J connectivity index is 1.64. The highest BCUT2D eigenvalue weighted by Crippen LogP contribution is 2.25. The third kappa shape index (κ3) is 4.69. The Labute approximate surface area is 154 Å². The predicted octanol–water partition coefficient (Wildman–Crippen LogP) is 3.87. The minimum Gasteiger partial charge on any atom is -0.337 e. The minimum atomic E-state index is -0.0809. The van der Waals surface area contributed by atoms with Crippen molar-refractivity contribution in [3.63, 3.8) is 0 Å². The van der Waals surface area contributed by atoms with Crippen LogP contribution in [0.4, 0.5) is 5.69 Å². The molecule has 5 heteroatoms. The number of anilines is 1. The van der Waals surface area contributed by atoms with Gasteiger partial charge in [0.25, 0.3) is 5.91 Å². The van der Waals surface area contributed by atoms with E-state index in [9.17, 15) is 9.59 Å². The molecule has 1 aromatic heterocycles. The summed E-state index contributed by atoms with van der Waals surface area (Å²) in [4.78, 5) is 30.8.